The number of benzene rings is 1. The molecule has 1 atom stereocenters. The highest BCUT2D eigenvalue weighted by atomic mass is 16.5. The summed E-state index contributed by atoms with van der Waals surface area (Å²) in [5.41, 5.74) is -0.431. The fourth-order valence-electron chi connectivity index (χ4n) is 1.50. The third-order valence-electron chi connectivity index (χ3n) is 2.79. The average molecular weight is 295 g/mol. The predicted octanol–water partition coefficient (Wildman–Crippen LogP) is 1.38. The van der Waals surface area contributed by atoms with E-state index >= 15 is 0 Å². The minimum absolute atomic E-state index is 0.000958. The quantitative estimate of drug-likeness (QED) is 0.700. The molecule has 1 unspecified atom stereocenters. The molecule has 0 heterocycles. The Morgan fingerprint density at radius 3 is 2.10 bits per heavy atom. The van der Waals surface area contributed by atoms with Gasteiger partial charge in [0.1, 0.15) is 5.75 Å². The van der Waals surface area contributed by atoms with Crippen molar-refractivity contribution < 1.29 is 29.3 Å². The fourth-order valence-corrected chi connectivity index (χ4v) is 1.50. The van der Waals surface area contributed by atoms with Crippen LogP contribution in [0.2, 0.25) is 0 Å². The van der Waals surface area contributed by atoms with E-state index in [2.05, 4.69) is 5.32 Å². The van der Waals surface area contributed by atoms with Crippen molar-refractivity contribution in [2.24, 2.45) is 0 Å². The number of carboxylic acids is 2. The normalized spacial score (nSPS) is 11.5. The Morgan fingerprint density at radius 2 is 1.67 bits per heavy atom. The molecular formula is C14H17NO6. The second kappa shape index (κ2) is 7.28. The second-order valence-corrected chi connectivity index (χ2v) is 4.52. The fraction of sp³-hybridized carbons (Fsp3) is 0.357. The van der Waals surface area contributed by atoms with Gasteiger partial charge in [-0.25, -0.2) is 9.59 Å². The van der Waals surface area contributed by atoms with E-state index in [4.69, 9.17) is 14.9 Å². The Hall–Kier alpha value is -2.57. The van der Waals surface area contributed by atoms with Crippen LogP contribution in [-0.4, -0.2) is 40.7 Å². The lowest BCUT2D eigenvalue weighted by molar-refractivity contribution is -0.123. The third kappa shape index (κ3) is 5.13. The smallest absolute Gasteiger partial charge is 0.335 e. The van der Waals surface area contributed by atoms with E-state index in [1.165, 1.54) is 12.1 Å². The van der Waals surface area contributed by atoms with Gasteiger partial charge in [-0.05, 0) is 31.5 Å². The van der Waals surface area contributed by atoms with Gasteiger partial charge >= 0.3 is 11.9 Å². The van der Waals surface area contributed by atoms with Gasteiger partial charge in [-0.1, -0.05) is 6.92 Å². The molecule has 0 aliphatic carbocycles. The molecule has 7 nitrogen and oxygen atoms in total. The van der Waals surface area contributed by atoms with Crippen molar-refractivity contribution in [1.82, 2.24) is 5.32 Å². The minimum atomic E-state index is -1.27. The Balaban J connectivity index is 2.81. The summed E-state index contributed by atoms with van der Waals surface area (Å²) in [6.45, 7) is 3.44. The molecule has 1 aromatic carbocycles. The number of amides is 1. The Labute approximate surface area is 121 Å². The molecule has 0 aliphatic heterocycles. The van der Waals surface area contributed by atoms with Crippen LogP contribution in [0.25, 0.3) is 0 Å². The number of carboxylic acid groups (broad SMARTS) is 2. The molecule has 1 rings (SSSR count). The van der Waals surface area contributed by atoms with Crippen molar-refractivity contribution in [3.63, 3.8) is 0 Å². The minimum Gasteiger partial charge on any atom is -0.484 e. The van der Waals surface area contributed by atoms with Crippen molar-refractivity contribution in [3.05, 3.63) is 29.3 Å². The number of carbonyl (C=O) groups excluding carboxylic acids is 1. The summed E-state index contributed by atoms with van der Waals surface area (Å²) in [6, 6.07) is 3.37. The Morgan fingerprint density at radius 1 is 1.14 bits per heavy atom. The number of hydrogen-bond donors (Lipinski definition) is 3. The second-order valence-electron chi connectivity index (χ2n) is 4.52. The van der Waals surface area contributed by atoms with Crippen molar-refractivity contribution in [3.8, 4) is 5.75 Å². The van der Waals surface area contributed by atoms with Crippen molar-refractivity contribution in [1.29, 1.82) is 0 Å². The van der Waals surface area contributed by atoms with Crippen molar-refractivity contribution in [2.45, 2.75) is 26.3 Å². The highest BCUT2D eigenvalue weighted by molar-refractivity contribution is 5.94. The van der Waals surface area contributed by atoms with E-state index in [1.54, 1.807) is 0 Å². The van der Waals surface area contributed by atoms with E-state index in [0.717, 1.165) is 12.5 Å². The van der Waals surface area contributed by atoms with Gasteiger partial charge in [0.15, 0.2) is 6.61 Å². The van der Waals surface area contributed by atoms with Crippen LogP contribution in [-0.2, 0) is 4.79 Å². The van der Waals surface area contributed by atoms with Gasteiger partial charge in [-0.2, -0.15) is 0 Å². The maximum Gasteiger partial charge on any atom is 0.335 e. The Kier molecular flexibility index (Phi) is 5.71. The SMILES string of the molecule is CCC(C)NC(=O)COc1cc(C(=O)O)cc(C(=O)O)c1. The lowest BCUT2D eigenvalue weighted by Gasteiger charge is -2.12. The van der Waals surface area contributed by atoms with E-state index in [-0.39, 0.29) is 35.4 Å². The first-order valence-electron chi connectivity index (χ1n) is 6.37. The summed E-state index contributed by atoms with van der Waals surface area (Å²) < 4.78 is 5.16. The first-order valence-corrected chi connectivity index (χ1v) is 6.37. The van der Waals surface area contributed by atoms with Crippen molar-refractivity contribution in [2.75, 3.05) is 6.61 Å². The number of hydrogen-bond acceptors (Lipinski definition) is 4. The molecule has 21 heavy (non-hydrogen) atoms. The molecule has 1 aromatic rings. The van der Waals surface area contributed by atoms with E-state index in [0.29, 0.717) is 0 Å². The predicted molar refractivity (Wildman–Crippen MR) is 73.8 cm³/mol. The molecule has 7 heteroatoms. The first-order chi connectivity index (χ1) is 9.83. The zero-order valence-electron chi connectivity index (χ0n) is 11.8. The number of ether oxygens (including phenoxy) is 1. The highest BCUT2D eigenvalue weighted by Gasteiger charge is 2.13. The molecular weight excluding hydrogens is 278 g/mol. The number of carbonyl (C=O) groups is 3. The summed E-state index contributed by atoms with van der Waals surface area (Å²) in [7, 11) is 0. The largest absolute Gasteiger partial charge is 0.484 e. The van der Waals surface area contributed by atoms with Crippen LogP contribution in [0.4, 0.5) is 0 Å². The zero-order chi connectivity index (χ0) is 16.0. The van der Waals surface area contributed by atoms with Gasteiger partial charge in [0.2, 0.25) is 0 Å². The van der Waals surface area contributed by atoms with Crippen LogP contribution in [0.5, 0.6) is 5.75 Å². The first kappa shape index (κ1) is 16.5. The molecule has 0 aromatic heterocycles. The number of nitrogens with one attached hydrogen (secondary N) is 1. The zero-order valence-corrected chi connectivity index (χ0v) is 11.8. The van der Waals surface area contributed by atoms with Crippen LogP contribution in [0.3, 0.4) is 0 Å². The molecule has 0 radical (unpaired) electrons. The molecule has 114 valence electrons. The van der Waals surface area contributed by atoms with Crippen LogP contribution >= 0.6 is 0 Å². The topological polar surface area (TPSA) is 113 Å². The van der Waals surface area contributed by atoms with Gasteiger partial charge in [0.05, 0.1) is 11.1 Å². The maximum atomic E-state index is 11.6. The summed E-state index contributed by atoms with van der Waals surface area (Å²) in [5, 5.41) is 20.5. The van der Waals surface area contributed by atoms with Crippen LogP contribution in [0.15, 0.2) is 18.2 Å². The average Bonchev–Trinajstić information content (AvgIpc) is 2.44. The van der Waals surface area contributed by atoms with E-state index in [1.807, 2.05) is 13.8 Å². The monoisotopic (exact) mass is 295 g/mol. The summed E-state index contributed by atoms with van der Waals surface area (Å²) in [5.74, 6) is -2.88. The molecule has 0 aliphatic rings. The third-order valence-corrected chi connectivity index (χ3v) is 2.79. The van der Waals surface area contributed by atoms with Crippen molar-refractivity contribution >= 4 is 17.8 Å². The summed E-state index contributed by atoms with van der Waals surface area (Å²) in [6.07, 6.45) is 0.767. The molecule has 0 spiro atoms. The molecule has 3 N–H and O–H groups in total. The summed E-state index contributed by atoms with van der Waals surface area (Å²) in [4.78, 5) is 33.4. The number of aromatic carboxylic acids is 2. The highest BCUT2D eigenvalue weighted by Crippen LogP contribution is 2.17. The van der Waals surface area contributed by atoms with Gasteiger partial charge in [0, 0.05) is 6.04 Å². The van der Waals surface area contributed by atoms with Gasteiger partial charge in [-0.15, -0.1) is 0 Å². The molecule has 1 amide bonds. The number of rotatable bonds is 7. The van der Waals surface area contributed by atoms with E-state index < -0.39 is 11.9 Å². The van der Waals surface area contributed by atoms with E-state index in [9.17, 15) is 14.4 Å². The van der Waals surface area contributed by atoms with Gasteiger partial charge < -0.3 is 20.3 Å². The standard InChI is InChI=1S/C14H17NO6/c1-3-8(2)15-12(16)7-21-11-5-9(13(17)18)4-10(6-11)14(19)20/h4-6,8H,3,7H2,1-2H3,(H,15,16)(H,17,18)(H,19,20). The van der Waals surface area contributed by atoms with Gasteiger partial charge in [0.25, 0.3) is 5.91 Å². The Bertz CT molecular complexity index is 522. The van der Waals surface area contributed by atoms with Crippen LogP contribution < -0.4 is 10.1 Å². The maximum absolute atomic E-state index is 11.6. The lowest BCUT2D eigenvalue weighted by atomic mass is 10.1. The summed E-state index contributed by atoms with van der Waals surface area (Å²) >= 11 is 0. The lowest BCUT2D eigenvalue weighted by Crippen LogP contribution is -2.35. The molecule has 0 saturated carbocycles. The van der Waals surface area contributed by atoms with Crippen LogP contribution in [0.1, 0.15) is 41.0 Å². The molecule has 0 bridgehead atoms. The van der Waals surface area contributed by atoms with Crippen LogP contribution in [0, 0.1) is 0 Å². The molecule has 0 fully saturated rings. The molecule has 0 saturated heterocycles. The van der Waals surface area contributed by atoms with Gasteiger partial charge in [-0.3, -0.25) is 4.79 Å².